The first-order chi connectivity index (χ1) is 9.38. The third-order valence-electron chi connectivity index (χ3n) is 2.96. The molecule has 0 saturated carbocycles. The van der Waals surface area contributed by atoms with E-state index in [2.05, 4.69) is 31.9 Å². The zero-order valence-electron chi connectivity index (χ0n) is 11.6. The van der Waals surface area contributed by atoms with Gasteiger partial charge in [0.15, 0.2) is 4.67 Å². The first-order valence-corrected chi connectivity index (χ1v) is 7.84. The van der Waals surface area contributed by atoms with E-state index >= 15 is 0 Å². The van der Waals surface area contributed by atoms with E-state index in [4.69, 9.17) is 4.42 Å². The minimum absolute atomic E-state index is 0.0306. The second-order valence-electron chi connectivity index (χ2n) is 4.91. The van der Waals surface area contributed by atoms with Crippen LogP contribution in [0.2, 0.25) is 0 Å². The van der Waals surface area contributed by atoms with E-state index in [0.29, 0.717) is 16.9 Å². The molecule has 0 radical (unpaired) electrons. The van der Waals surface area contributed by atoms with Crippen LogP contribution in [-0.4, -0.2) is 22.4 Å². The Hall–Kier alpha value is -1.01. The summed E-state index contributed by atoms with van der Waals surface area (Å²) in [6.45, 7) is 4.53. The van der Waals surface area contributed by atoms with Crippen LogP contribution in [0.25, 0.3) is 0 Å². The average Bonchev–Trinajstić information content (AvgIpc) is 2.94. The largest absolute Gasteiger partial charge is 0.452 e. The highest BCUT2D eigenvalue weighted by Gasteiger charge is 2.19. The van der Waals surface area contributed by atoms with Crippen molar-refractivity contribution in [3.63, 3.8) is 0 Å². The van der Waals surface area contributed by atoms with Gasteiger partial charge in [0, 0.05) is 23.8 Å². The van der Waals surface area contributed by atoms with Crippen molar-refractivity contribution < 1.29 is 9.21 Å². The monoisotopic (exact) mass is 402 g/mol. The van der Waals surface area contributed by atoms with Gasteiger partial charge in [0.25, 0.3) is 5.91 Å². The normalized spacial score (nSPS) is 11.1. The Morgan fingerprint density at radius 2 is 2.10 bits per heavy atom. The van der Waals surface area contributed by atoms with E-state index in [9.17, 15) is 4.79 Å². The van der Waals surface area contributed by atoms with Crippen LogP contribution in [-0.2, 0) is 6.54 Å². The number of furan rings is 1. The molecule has 1 amide bonds. The van der Waals surface area contributed by atoms with E-state index in [1.807, 2.05) is 42.8 Å². The van der Waals surface area contributed by atoms with Gasteiger partial charge in [-0.1, -0.05) is 0 Å². The van der Waals surface area contributed by atoms with E-state index in [1.165, 1.54) is 0 Å². The van der Waals surface area contributed by atoms with Crippen LogP contribution in [0.5, 0.6) is 0 Å². The molecule has 2 aromatic rings. The Morgan fingerprint density at radius 1 is 1.40 bits per heavy atom. The summed E-state index contributed by atoms with van der Waals surface area (Å²) in [6.07, 6.45) is 1.93. The molecule has 0 unspecified atom stereocenters. The summed E-state index contributed by atoms with van der Waals surface area (Å²) in [7, 11) is 1.77. The SMILES string of the molecule is CC(C)n1cc(Br)cc1C(=O)N(C)Cc1ccc(Br)o1. The molecule has 2 heterocycles. The fourth-order valence-electron chi connectivity index (χ4n) is 1.98. The summed E-state index contributed by atoms with van der Waals surface area (Å²) < 4.78 is 8.96. The Kier molecular flexibility index (Phi) is 4.75. The highest BCUT2D eigenvalue weighted by Crippen LogP contribution is 2.21. The number of carbonyl (C=O) groups is 1. The van der Waals surface area contributed by atoms with Gasteiger partial charge in [-0.15, -0.1) is 0 Å². The maximum absolute atomic E-state index is 12.5. The molecule has 0 bridgehead atoms. The molecule has 0 aliphatic rings. The van der Waals surface area contributed by atoms with Crippen LogP contribution in [0.15, 0.2) is 38.0 Å². The molecular formula is C14H16Br2N2O2. The number of hydrogen-bond acceptors (Lipinski definition) is 2. The average molecular weight is 404 g/mol. The summed E-state index contributed by atoms with van der Waals surface area (Å²) in [6, 6.07) is 5.75. The highest BCUT2D eigenvalue weighted by molar-refractivity contribution is 9.10. The van der Waals surface area contributed by atoms with Crippen molar-refractivity contribution in [2.75, 3.05) is 7.05 Å². The maximum atomic E-state index is 12.5. The molecule has 0 fully saturated rings. The lowest BCUT2D eigenvalue weighted by atomic mass is 10.3. The van der Waals surface area contributed by atoms with Crippen molar-refractivity contribution in [1.82, 2.24) is 9.47 Å². The zero-order valence-corrected chi connectivity index (χ0v) is 14.7. The summed E-state index contributed by atoms with van der Waals surface area (Å²) in [4.78, 5) is 14.2. The lowest BCUT2D eigenvalue weighted by Gasteiger charge is -2.18. The number of aromatic nitrogens is 1. The summed E-state index contributed by atoms with van der Waals surface area (Å²) in [5.41, 5.74) is 0.667. The van der Waals surface area contributed by atoms with Gasteiger partial charge in [-0.3, -0.25) is 4.79 Å². The molecule has 2 aromatic heterocycles. The molecule has 0 N–H and O–H groups in total. The molecule has 0 aliphatic carbocycles. The predicted molar refractivity (Wildman–Crippen MR) is 84.7 cm³/mol. The van der Waals surface area contributed by atoms with Gasteiger partial charge in [-0.05, 0) is 63.9 Å². The minimum atomic E-state index is -0.0306. The van der Waals surface area contributed by atoms with Gasteiger partial charge in [-0.25, -0.2) is 0 Å². The Labute approximate surface area is 135 Å². The maximum Gasteiger partial charge on any atom is 0.270 e. The Balaban J connectivity index is 2.18. The molecule has 20 heavy (non-hydrogen) atoms. The zero-order chi connectivity index (χ0) is 14.9. The second kappa shape index (κ2) is 6.18. The summed E-state index contributed by atoms with van der Waals surface area (Å²) in [5, 5.41) is 0. The first-order valence-electron chi connectivity index (χ1n) is 6.25. The summed E-state index contributed by atoms with van der Waals surface area (Å²) >= 11 is 6.68. The predicted octanol–water partition coefficient (Wildman–Crippen LogP) is 4.46. The fourth-order valence-corrected chi connectivity index (χ4v) is 2.76. The van der Waals surface area contributed by atoms with Crippen LogP contribution in [0.3, 0.4) is 0 Å². The minimum Gasteiger partial charge on any atom is -0.452 e. The van der Waals surface area contributed by atoms with Gasteiger partial charge in [0.1, 0.15) is 11.5 Å². The van der Waals surface area contributed by atoms with Crippen molar-refractivity contribution in [3.8, 4) is 0 Å². The van der Waals surface area contributed by atoms with Crippen LogP contribution < -0.4 is 0 Å². The Bertz CT molecular complexity index is 616. The van der Waals surface area contributed by atoms with Gasteiger partial charge in [-0.2, -0.15) is 0 Å². The van der Waals surface area contributed by atoms with Gasteiger partial charge in [0.05, 0.1) is 6.54 Å². The molecule has 6 heteroatoms. The standard InChI is InChI=1S/C14H16Br2N2O2/c1-9(2)18-7-10(15)6-12(18)14(19)17(3)8-11-4-5-13(16)20-11/h4-7,9H,8H2,1-3H3. The molecule has 0 saturated heterocycles. The molecule has 0 atom stereocenters. The van der Waals surface area contributed by atoms with Crippen molar-refractivity contribution in [3.05, 3.63) is 45.0 Å². The fraction of sp³-hybridized carbons (Fsp3) is 0.357. The molecular weight excluding hydrogens is 388 g/mol. The number of rotatable bonds is 4. The van der Waals surface area contributed by atoms with Crippen LogP contribution in [0, 0.1) is 0 Å². The number of carbonyl (C=O) groups excluding carboxylic acids is 1. The smallest absolute Gasteiger partial charge is 0.270 e. The summed E-state index contributed by atoms with van der Waals surface area (Å²) in [5.74, 6) is 0.714. The lowest BCUT2D eigenvalue weighted by molar-refractivity contribution is 0.0762. The number of halogens is 2. The topological polar surface area (TPSA) is 38.4 Å². The van der Waals surface area contributed by atoms with E-state index < -0.39 is 0 Å². The molecule has 0 spiro atoms. The van der Waals surface area contributed by atoms with Crippen molar-refractivity contribution in [2.45, 2.75) is 26.4 Å². The van der Waals surface area contributed by atoms with Crippen molar-refractivity contribution >= 4 is 37.8 Å². The number of nitrogens with zero attached hydrogens (tertiary/aromatic N) is 2. The van der Waals surface area contributed by atoms with Crippen molar-refractivity contribution in [1.29, 1.82) is 0 Å². The van der Waals surface area contributed by atoms with Crippen LogP contribution in [0.1, 0.15) is 36.1 Å². The Morgan fingerprint density at radius 3 is 2.65 bits per heavy atom. The molecule has 0 aliphatic heterocycles. The number of hydrogen-bond donors (Lipinski definition) is 0. The van der Waals surface area contributed by atoms with Crippen LogP contribution >= 0.6 is 31.9 Å². The molecule has 108 valence electrons. The van der Waals surface area contributed by atoms with E-state index in [-0.39, 0.29) is 11.9 Å². The van der Waals surface area contributed by atoms with E-state index in [1.54, 1.807) is 11.9 Å². The van der Waals surface area contributed by atoms with Gasteiger partial charge in [0.2, 0.25) is 0 Å². The van der Waals surface area contributed by atoms with E-state index in [0.717, 1.165) is 10.2 Å². The number of amides is 1. The lowest BCUT2D eigenvalue weighted by Crippen LogP contribution is -2.28. The van der Waals surface area contributed by atoms with Gasteiger partial charge >= 0.3 is 0 Å². The first kappa shape index (κ1) is 15.4. The van der Waals surface area contributed by atoms with Crippen molar-refractivity contribution in [2.24, 2.45) is 0 Å². The van der Waals surface area contributed by atoms with Crippen LogP contribution in [0.4, 0.5) is 0 Å². The third-order valence-corrected chi connectivity index (χ3v) is 3.82. The molecule has 0 aromatic carbocycles. The molecule has 2 rings (SSSR count). The molecule has 4 nitrogen and oxygen atoms in total. The van der Waals surface area contributed by atoms with Gasteiger partial charge < -0.3 is 13.9 Å². The quantitative estimate of drug-likeness (QED) is 0.755. The third kappa shape index (κ3) is 3.35. The second-order valence-corrected chi connectivity index (χ2v) is 6.61. The highest BCUT2D eigenvalue weighted by atomic mass is 79.9.